The second-order valence-corrected chi connectivity index (χ2v) is 8.17. The minimum absolute atomic E-state index is 0.137. The van der Waals surface area contributed by atoms with E-state index < -0.39 is 11.7 Å². The predicted octanol–water partition coefficient (Wildman–Crippen LogP) is 4.87. The number of anilines is 2. The standard InChI is InChI=1S/C24H26FN3O2/c1-16-12-17(2)14-28(13-16)22-11-10-18-6-5-9-21(24(18)27-22)30-15-23(29)26-20-8-4-3-7-19(20)25/h3-11,16-17H,12-15H2,1-2H3,(H,26,29). The van der Waals surface area contributed by atoms with Gasteiger partial charge < -0.3 is 15.0 Å². The fraction of sp³-hybridized carbons (Fsp3) is 0.333. The van der Waals surface area contributed by atoms with Gasteiger partial charge in [0, 0.05) is 18.5 Å². The Labute approximate surface area is 175 Å². The number of fused-ring (bicyclic) bond motifs is 1. The van der Waals surface area contributed by atoms with Gasteiger partial charge in [0.25, 0.3) is 5.91 Å². The zero-order valence-corrected chi connectivity index (χ0v) is 17.3. The Hall–Kier alpha value is -3.15. The van der Waals surface area contributed by atoms with Crippen molar-refractivity contribution in [1.82, 2.24) is 4.98 Å². The molecule has 156 valence electrons. The zero-order chi connectivity index (χ0) is 21.1. The summed E-state index contributed by atoms with van der Waals surface area (Å²) in [4.78, 5) is 19.4. The number of pyridine rings is 1. The molecule has 1 fully saturated rings. The van der Waals surface area contributed by atoms with Crippen LogP contribution in [0.5, 0.6) is 5.75 Å². The van der Waals surface area contributed by atoms with Crippen LogP contribution in [-0.2, 0) is 4.79 Å². The van der Waals surface area contributed by atoms with E-state index in [1.54, 1.807) is 18.2 Å². The number of ether oxygens (including phenoxy) is 1. The van der Waals surface area contributed by atoms with E-state index in [2.05, 4.69) is 24.1 Å². The number of carbonyl (C=O) groups excluding carboxylic acids is 1. The lowest BCUT2D eigenvalue weighted by molar-refractivity contribution is -0.118. The van der Waals surface area contributed by atoms with E-state index in [1.807, 2.05) is 24.3 Å². The van der Waals surface area contributed by atoms with E-state index in [0.717, 1.165) is 29.8 Å². The Morgan fingerprint density at radius 3 is 2.63 bits per heavy atom. The molecule has 0 spiro atoms. The first-order valence-corrected chi connectivity index (χ1v) is 10.3. The number of halogens is 1. The molecule has 0 saturated carbocycles. The predicted molar refractivity (Wildman–Crippen MR) is 117 cm³/mol. The number of para-hydroxylation sites is 2. The fourth-order valence-corrected chi connectivity index (χ4v) is 4.14. The van der Waals surface area contributed by atoms with Crippen molar-refractivity contribution in [1.29, 1.82) is 0 Å². The summed E-state index contributed by atoms with van der Waals surface area (Å²) >= 11 is 0. The average Bonchev–Trinajstić information content (AvgIpc) is 2.73. The normalized spacial score (nSPS) is 19.0. The van der Waals surface area contributed by atoms with E-state index in [-0.39, 0.29) is 12.3 Å². The highest BCUT2D eigenvalue weighted by atomic mass is 19.1. The first-order valence-electron chi connectivity index (χ1n) is 10.3. The largest absolute Gasteiger partial charge is 0.481 e. The molecule has 2 heterocycles. The summed E-state index contributed by atoms with van der Waals surface area (Å²) in [6, 6.07) is 15.8. The molecule has 30 heavy (non-hydrogen) atoms. The lowest BCUT2D eigenvalue weighted by Gasteiger charge is -2.35. The summed E-state index contributed by atoms with van der Waals surface area (Å²) in [6.45, 7) is 6.28. The third-order valence-electron chi connectivity index (χ3n) is 5.37. The van der Waals surface area contributed by atoms with Crippen LogP contribution in [0.3, 0.4) is 0 Å². The molecule has 1 aliphatic rings. The Morgan fingerprint density at radius 1 is 1.10 bits per heavy atom. The molecule has 1 N–H and O–H groups in total. The van der Waals surface area contributed by atoms with E-state index >= 15 is 0 Å². The van der Waals surface area contributed by atoms with Crippen molar-refractivity contribution in [2.75, 3.05) is 29.9 Å². The molecular formula is C24H26FN3O2. The van der Waals surface area contributed by atoms with Crippen LogP contribution in [-0.4, -0.2) is 30.6 Å². The summed E-state index contributed by atoms with van der Waals surface area (Å²) in [5.41, 5.74) is 0.859. The van der Waals surface area contributed by atoms with Gasteiger partial charge in [-0.15, -0.1) is 0 Å². The van der Waals surface area contributed by atoms with Crippen LogP contribution in [0.15, 0.2) is 54.6 Å². The smallest absolute Gasteiger partial charge is 0.262 e. The molecule has 6 heteroatoms. The highest BCUT2D eigenvalue weighted by Crippen LogP contribution is 2.30. The number of nitrogens with one attached hydrogen (secondary N) is 1. The van der Waals surface area contributed by atoms with Crippen LogP contribution in [0, 0.1) is 17.7 Å². The van der Waals surface area contributed by atoms with Crippen molar-refractivity contribution in [3.8, 4) is 5.75 Å². The van der Waals surface area contributed by atoms with Gasteiger partial charge in [0.2, 0.25) is 0 Å². The molecule has 2 atom stereocenters. The lowest BCUT2D eigenvalue weighted by atomic mass is 9.92. The van der Waals surface area contributed by atoms with Crippen LogP contribution < -0.4 is 15.0 Å². The molecule has 5 nitrogen and oxygen atoms in total. The molecule has 4 rings (SSSR count). The van der Waals surface area contributed by atoms with Gasteiger partial charge >= 0.3 is 0 Å². The molecule has 1 amide bonds. The summed E-state index contributed by atoms with van der Waals surface area (Å²) in [5, 5.41) is 3.48. The Bertz CT molecular complexity index is 1050. The van der Waals surface area contributed by atoms with Crippen molar-refractivity contribution >= 4 is 28.3 Å². The van der Waals surface area contributed by atoms with Crippen molar-refractivity contribution in [2.45, 2.75) is 20.3 Å². The van der Waals surface area contributed by atoms with Crippen molar-refractivity contribution in [3.05, 3.63) is 60.4 Å². The molecule has 1 aromatic heterocycles. The molecule has 1 saturated heterocycles. The molecule has 3 aromatic rings. The SMILES string of the molecule is CC1CC(C)CN(c2ccc3cccc(OCC(=O)Nc4ccccc4F)c3n2)C1. The topological polar surface area (TPSA) is 54.5 Å². The number of hydrogen-bond donors (Lipinski definition) is 1. The monoisotopic (exact) mass is 407 g/mol. The second-order valence-electron chi connectivity index (χ2n) is 8.17. The number of rotatable bonds is 5. The quantitative estimate of drug-likeness (QED) is 0.655. The Morgan fingerprint density at radius 2 is 1.87 bits per heavy atom. The maximum absolute atomic E-state index is 13.7. The Kier molecular flexibility index (Phi) is 5.84. The summed E-state index contributed by atoms with van der Waals surface area (Å²) in [5.74, 6) is 1.81. The minimum Gasteiger partial charge on any atom is -0.481 e. The molecular weight excluding hydrogens is 381 g/mol. The van der Waals surface area contributed by atoms with E-state index in [0.29, 0.717) is 17.6 Å². The van der Waals surface area contributed by atoms with Gasteiger partial charge in [-0.2, -0.15) is 0 Å². The number of carbonyl (C=O) groups is 1. The first-order chi connectivity index (χ1) is 14.5. The van der Waals surface area contributed by atoms with Gasteiger partial charge in [0.15, 0.2) is 6.61 Å². The third-order valence-corrected chi connectivity index (χ3v) is 5.37. The van der Waals surface area contributed by atoms with Gasteiger partial charge in [-0.25, -0.2) is 9.37 Å². The van der Waals surface area contributed by atoms with Gasteiger partial charge in [-0.1, -0.05) is 38.1 Å². The number of nitrogens with zero attached hydrogens (tertiary/aromatic N) is 2. The fourth-order valence-electron chi connectivity index (χ4n) is 4.14. The van der Waals surface area contributed by atoms with Crippen molar-refractivity contribution in [3.63, 3.8) is 0 Å². The van der Waals surface area contributed by atoms with Gasteiger partial charge in [-0.05, 0) is 48.6 Å². The second kappa shape index (κ2) is 8.69. The lowest BCUT2D eigenvalue weighted by Crippen LogP contribution is -2.39. The molecule has 0 radical (unpaired) electrons. The van der Waals surface area contributed by atoms with E-state index in [4.69, 9.17) is 9.72 Å². The van der Waals surface area contributed by atoms with Crippen molar-refractivity contribution in [2.24, 2.45) is 11.8 Å². The number of benzene rings is 2. The van der Waals surface area contributed by atoms with Crippen LogP contribution in [0.2, 0.25) is 0 Å². The van der Waals surface area contributed by atoms with Gasteiger partial charge in [-0.3, -0.25) is 4.79 Å². The maximum atomic E-state index is 13.7. The third kappa shape index (κ3) is 4.53. The summed E-state index contributed by atoms with van der Waals surface area (Å²) in [6.07, 6.45) is 1.23. The molecule has 0 aliphatic carbocycles. The number of hydrogen-bond acceptors (Lipinski definition) is 4. The first kappa shape index (κ1) is 20.1. The molecule has 0 bridgehead atoms. The molecule has 2 aromatic carbocycles. The van der Waals surface area contributed by atoms with Crippen molar-refractivity contribution < 1.29 is 13.9 Å². The number of piperidine rings is 1. The number of aromatic nitrogens is 1. The van der Waals surface area contributed by atoms with Crippen LogP contribution in [0.4, 0.5) is 15.9 Å². The van der Waals surface area contributed by atoms with Gasteiger partial charge in [0.05, 0.1) is 5.69 Å². The number of amides is 1. The molecule has 2 unspecified atom stereocenters. The summed E-state index contributed by atoms with van der Waals surface area (Å²) < 4.78 is 19.5. The van der Waals surface area contributed by atoms with Crippen LogP contribution in [0.1, 0.15) is 20.3 Å². The molecule has 1 aliphatic heterocycles. The van der Waals surface area contributed by atoms with Gasteiger partial charge in [0.1, 0.15) is 22.9 Å². The highest BCUT2D eigenvalue weighted by Gasteiger charge is 2.23. The minimum atomic E-state index is -0.479. The highest BCUT2D eigenvalue weighted by molar-refractivity contribution is 5.92. The van der Waals surface area contributed by atoms with E-state index in [9.17, 15) is 9.18 Å². The van der Waals surface area contributed by atoms with E-state index in [1.165, 1.54) is 18.6 Å². The average molecular weight is 407 g/mol. The Balaban J connectivity index is 1.51. The zero-order valence-electron chi connectivity index (χ0n) is 17.3. The summed E-state index contributed by atoms with van der Waals surface area (Å²) in [7, 11) is 0. The van der Waals surface area contributed by atoms with Crippen LogP contribution >= 0.6 is 0 Å². The maximum Gasteiger partial charge on any atom is 0.262 e. The van der Waals surface area contributed by atoms with Crippen LogP contribution in [0.25, 0.3) is 10.9 Å².